The predicted molar refractivity (Wildman–Crippen MR) is 86.4 cm³/mol. The summed E-state index contributed by atoms with van der Waals surface area (Å²) < 4.78 is 5.69. The van der Waals surface area contributed by atoms with Crippen molar-refractivity contribution in [2.24, 2.45) is 21.7 Å². The third-order valence-corrected chi connectivity index (χ3v) is 2.75. The van der Waals surface area contributed by atoms with Crippen LogP contribution in [0.15, 0.2) is 52.7 Å². The first-order chi connectivity index (χ1) is 10.0. The molecule has 0 fully saturated rings. The van der Waals surface area contributed by atoms with E-state index in [9.17, 15) is 0 Å². The van der Waals surface area contributed by atoms with E-state index in [0.717, 1.165) is 5.56 Å². The minimum atomic E-state index is -0.104. The lowest BCUT2D eigenvalue weighted by Crippen LogP contribution is -2.21. The van der Waals surface area contributed by atoms with Gasteiger partial charge in [-0.1, -0.05) is 35.3 Å². The van der Waals surface area contributed by atoms with E-state index in [-0.39, 0.29) is 5.96 Å². The quantitative estimate of drug-likeness (QED) is 0.514. The summed E-state index contributed by atoms with van der Waals surface area (Å²) in [6.07, 6.45) is 1.51. The highest BCUT2D eigenvalue weighted by Crippen LogP contribution is 2.28. The Kier molecular flexibility index (Phi) is 5.03. The van der Waals surface area contributed by atoms with Crippen LogP contribution in [0.3, 0.4) is 0 Å². The molecule has 0 aliphatic carbocycles. The molecule has 0 atom stereocenters. The number of hydrogen-bond donors (Lipinski definition) is 2. The van der Waals surface area contributed by atoms with Gasteiger partial charge in [0.1, 0.15) is 11.5 Å². The lowest BCUT2D eigenvalue weighted by molar-refractivity contribution is 0.482. The summed E-state index contributed by atoms with van der Waals surface area (Å²) in [6, 6.07) is 12.2. The molecule has 108 valence electrons. The molecule has 0 amide bonds. The van der Waals surface area contributed by atoms with E-state index in [0.29, 0.717) is 21.5 Å². The SMILES string of the molecule is NC(N)=NN=Cc1cccc(Oc2cc(Cl)cc(Cl)c2)c1. The summed E-state index contributed by atoms with van der Waals surface area (Å²) in [5.41, 5.74) is 11.1. The van der Waals surface area contributed by atoms with E-state index in [4.69, 9.17) is 39.4 Å². The summed E-state index contributed by atoms with van der Waals surface area (Å²) in [7, 11) is 0. The molecule has 0 saturated heterocycles. The number of halogens is 2. The number of ether oxygens (including phenoxy) is 1. The van der Waals surface area contributed by atoms with Gasteiger partial charge in [-0.25, -0.2) is 0 Å². The maximum Gasteiger partial charge on any atom is 0.211 e. The second-order valence-electron chi connectivity index (χ2n) is 4.05. The van der Waals surface area contributed by atoms with Gasteiger partial charge in [0.25, 0.3) is 0 Å². The Morgan fingerprint density at radius 3 is 2.38 bits per heavy atom. The molecule has 0 aromatic heterocycles. The Bertz CT molecular complexity index is 677. The van der Waals surface area contributed by atoms with E-state index in [2.05, 4.69) is 10.2 Å². The molecule has 0 aliphatic heterocycles. The minimum Gasteiger partial charge on any atom is -0.457 e. The third-order valence-electron chi connectivity index (χ3n) is 2.31. The van der Waals surface area contributed by atoms with Crippen molar-refractivity contribution in [3.8, 4) is 11.5 Å². The Hall–Kier alpha value is -2.24. The van der Waals surface area contributed by atoms with Gasteiger partial charge in [0.2, 0.25) is 5.96 Å². The van der Waals surface area contributed by atoms with Crippen LogP contribution in [0.1, 0.15) is 5.56 Å². The molecule has 0 radical (unpaired) electrons. The standard InChI is InChI=1S/C14H12Cl2N4O/c15-10-5-11(16)7-13(6-10)21-12-3-1-2-9(4-12)8-19-20-14(17)18/h1-8H,(H4,17,18,20). The van der Waals surface area contributed by atoms with Gasteiger partial charge in [0.05, 0.1) is 6.21 Å². The summed E-state index contributed by atoms with van der Waals surface area (Å²) in [6.45, 7) is 0. The van der Waals surface area contributed by atoms with Crippen molar-refractivity contribution < 1.29 is 4.74 Å². The largest absolute Gasteiger partial charge is 0.457 e. The maximum atomic E-state index is 5.92. The fraction of sp³-hybridized carbons (Fsp3) is 0. The zero-order valence-electron chi connectivity index (χ0n) is 10.8. The van der Waals surface area contributed by atoms with Crippen molar-refractivity contribution in [3.63, 3.8) is 0 Å². The molecule has 2 aromatic rings. The highest BCUT2D eigenvalue weighted by atomic mass is 35.5. The Morgan fingerprint density at radius 2 is 1.71 bits per heavy atom. The van der Waals surface area contributed by atoms with Crippen LogP contribution >= 0.6 is 23.2 Å². The molecule has 0 spiro atoms. The molecule has 0 bridgehead atoms. The molecule has 21 heavy (non-hydrogen) atoms. The Labute approximate surface area is 131 Å². The zero-order chi connectivity index (χ0) is 15.2. The molecule has 2 aromatic carbocycles. The van der Waals surface area contributed by atoms with E-state index in [1.54, 1.807) is 30.3 Å². The molecular formula is C14H12Cl2N4O. The Balaban J connectivity index is 2.17. The normalized spacial score (nSPS) is 10.6. The monoisotopic (exact) mass is 322 g/mol. The van der Waals surface area contributed by atoms with Gasteiger partial charge in [0, 0.05) is 10.0 Å². The molecule has 0 saturated carbocycles. The topological polar surface area (TPSA) is 86.0 Å². The smallest absolute Gasteiger partial charge is 0.211 e. The van der Waals surface area contributed by atoms with E-state index in [1.807, 2.05) is 12.1 Å². The van der Waals surface area contributed by atoms with Gasteiger partial charge < -0.3 is 16.2 Å². The number of nitrogens with two attached hydrogens (primary N) is 2. The van der Waals surface area contributed by atoms with Gasteiger partial charge in [-0.15, -0.1) is 5.10 Å². The van der Waals surface area contributed by atoms with Crippen molar-refractivity contribution in [1.29, 1.82) is 0 Å². The summed E-state index contributed by atoms with van der Waals surface area (Å²) in [4.78, 5) is 0. The van der Waals surface area contributed by atoms with Gasteiger partial charge in [0.15, 0.2) is 0 Å². The molecule has 0 heterocycles. The van der Waals surface area contributed by atoms with Gasteiger partial charge in [-0.2, -0.15) is 5.10 Å². The average molecular weight is 323 g/mol. The van der Waals surface area contributed by atoms with Crippen molar-refractivity contribution in [1.82, 2.24) is 0 Å². The van der Waals surface area contributed by atoms with E-state index in [1.165, 1.54) is 6.21 Å². The van der Waals surface area contributed by atoms with E-state index >= 15 is 0 Å². The van der Waals surface area contributed by atoms with Crippen LogP contribution < -0.4 is 16.2 Å². The van der Waals surface area contributed by atoms with Crippen molar-refractivity contribution in [2.75, 3.05) is 0 Å². The molecule has 5 nitrogen and oxygen atoms in total. The number of benzene rings is 2. The zero-order valence-corrected chi connectivity index (χ0v) is 12.3. The van der Waals surface area contributed by atoms with Crippen molar-refractivity contribution >= 4 is 35.4 Å². The average Bonchev–Trinajstić information content (AvgIpc) is 2.37. The van der Waals surface area contributed by atoms with Crippen LogP contribution in [0.4, 0.5) is 0 Å². The lowest BCUT2D eigenvalue weighted by atomic mass is 10.2. The van der Waals surface area contributed by atoms with Gasteiger partial charge in [-0.3, -0.25) is 0 Å². The highest BCUT2D eigenvalue weighted by Gasteiger charge is 2.01. The third kappa shape index (κ3) is 4.98. The fourth-order valence-corrected chi connectivity index (χ4v) is 2.05. The number of nitrogens with zero attached hydrogens (tertiary/aromatic N) is 2. The van der Waals surface area contributed by atoms with Crippen LogP contribution in [-0.2, 0) is 0 Å². The van der Waals surface area contributed by atoms with Crippen LogP contribution in [0.2, 0.25) is 10.0 Å². The van der Waals surface area contributed by atoms with Gasteiger partial charge in [-0.05, 0) is 35.9 Å². The molecule has 0 aliphatic rings. The van der Waals surface area contributed by atoms with Crippen molar-refractivity contribution in [2.45, 2.75) is 0 Å². The molecular weight excluding hydrogens is 311 g/mol. The molecule has 7 heteroatoms. The molecule has 0 unspecified atom stereocenters. The summed E-state index contributed by atoms with van der Waals surface area (Å²) >= 11 is 11.8. The Morgan fingerprint density at radius 1 is 1.00 bits per heavy atom. The molecule has 2 rings (SSSR count). The minimum absolute atomic E-state index is 0.104. The summed E-state index contributed by atoms with van der Waals surface area (Å²) in [5.74, 6) is 1.06. The fourth-order valence-electron chi connectivity index (χ4n) is 1.54. The first-order valence-corrected chi connectivity index (χ1v) is 6.64. The number of hydrogen-bond acceptors (Lipinski definition) is 3. The second-order valence-corrected chi connectivity index (χ2v) is 4.92. The van der Waals surface area contributed by atoms with E-state index < -0.39 is 0 Å². The first kappa shape index (κ1) is 15.2. The maximum absolute atomic E-state index is 5.92. The van der Waals surface area contributed by atoms with Crippen molar-refractivity contribution in [3.05, 3.63) is 58.1 Å². The first-order valence-electron chi connectivity index (χ1n) is 5.89. The van der Waals surface area contributed by atoms with Crippen LogP contribution in [0.5, 0.6) is 11.5 Å². The number of rotatable bonds is 4. The second kappa shape index (κ2) is 6.97. The van der Waals surface area contributed by atoms with Crippen LogP contribution in [-0.4, -0.2) is 12.2 Å². The molecule has 4 N–H and O–H groups in total. The van der Waals surface area contributed by atoms with Crippen LogP contribution in [0.25, 0.3) is 0 Å². The summed E-state index contributed by atoms with van der Waals surface area (Å²) in [5, 5.41) is 8.26. The highest BCUT2D eigenvalue weighted by molar-refractivity contribution is 6.34. The van der Waals surface area contributed by atoms with Gasteiger partial charge >= 0.3 is 0 Å². The number of guanidine groups is 1. The van der Waals surface area contributed by atoms with Crippen LogP contribution in [0, 0.1) is 0 Å². The predicted octanol–water partition coefficient (Wildman–Crippen LogP) is 3.39. The lowest BCUT2D eigenvalue weighted by Gasteiger charge is -2.07.